The maximum atomic E-state index is 11.8. The summed E-state index contributed by atoms with van der Waals surface area (Å²) in [7, 11) is 0. The zero-order valence-corrected chi connectivity index (χ0v) is 9.92. The van der Waals surface area contributed by atoms with Gasteiger partial charge in [-0.05, 0) is 30.5 Å². The van der Waals surface area contributed by atoms with E-state index in [4.69, 9.17) is 17.3 Å². The molecule has 0 aromatic heterocycles. The lowest BCUT2D eigenvalue weighted by atomic mass is 10.2. The molecule has 0 spiro atoms. The number of benzene rings is 1. The third-order valence-corrected chi connectivity index (χ3v) is 3.35. The molecule has 3 N–H and O–H groups in total. The number of amides is 1. The Balaban J connectivity index is 2.01. The van der Waals surface area contributed by atoms with Crippen LogP contribution in [-0.4, -0.2) is 11.9 Å². The van der Waals surface area contributed by atoms with Crippen LogP contribution in [0.1, 0.15) is 30.1 Å². The van der Waals surface area contributed by atoms with Gasteiger partial charge in [0, 0.05) is 11.6 Å². The second kappa shape index (κ2) is 4.34. The number of nitrogen functional groups attached to an aromatic ring is 1. The molecule has 2 rings (SSSR count). The summed E-state index contributed by atoms with van der Waals surface area (Å²) in [4.78, 5) is 11.8. The fourth-order valence-electron chi connectivity index (χ4n) is 1.80. The first-order chi connectivity index (χ1) is 7.61. The van der Waals surface area contributed by atoms with Crippen molar-refractivity contribution in [2.24, 2.45) is 5.92 Å². The molecule has 1 aliphatic carbocycles. The van der Waals surface area contributed by atoms with Gasteiger partial charge >= 0.3 is 0 Å². The highest BCUT2D eigenvalue weighted by atomic mass is 35.5. The van der Waals surface area contributed by atoms with Crippen LogP contribution in [0.25, 0.3) is 0 Å². The minimum absolute atomic E-state index is 0.0668. The summed E-state index contributed by atoms with van der Waals surface area (Å²) in [5.41, 5.74) is 6.65. The van der Waals surface area contributed by atoms with Crippen molar-refractivity contribution >= 4 is 23.2 Å². The van der Waals surface area contributed by atoms with E-state index >= 15 is 0 Å². The van der Waals surface area contributed by atoms with E-state index in [1.165, 1.54) is 0 Å². The number of halogens is 1. The lowest BCUT2D eigenvalue weighted by molar-refractivity contribution is 0.0949. The van der Waals surface area contributed by atoms with E-state index in [1.807, 2.05) is 0 Å². The Morgan fingerprint density at radius 3 is 2.94 bits per heavy atom. The second-order valence-electron chi connectivity index (χ2n) is 4.22. The van der Waals surface area contributed by atoms with Gasteiger partial charge in [-0.1, -0.05) is 24.9 Å². The zero-order valence-electron chi connectivity index (χ0n) is 9.16. The van der Waals surface area contributed by atoms with Gasteiger partial charge in [-0.25, -0.2) is 0 Å². The van der Waals surface area contributed by atoms with Gasteiger partial charge in [0.05, 0.1) is 10.7 Å². The molecule has 0 heterocycles. The van der Waals surface area contributed by atoms with E-state index in [1.54, 1.807) is 18.2 Å². The topological polar surface area (TPSA) is 55.1 Å². The normalized spacial score (nSPS) is 22.9. The number of anilines is 1. The average molecular weight is 239 g/mol. The Kier molecular flexibility index (Phi) is 3.06. The van der Waals surface area contributed by atoms with Gasteiger partial charge in [0.2, 0.25) is 0 Å². The highest BCUT2D eigenvalue weighted by Gasteiger charge is 2.36. The van der Waals surface area contributed by atoms with Crippen molar-refractivity contribution in [3.05, 3.63) is 28.8 Å². The van der Waals surface area contributed by atoms with E-state index in [-0.39, 0.29) is 5.91 Å². The molecular formula is C12H15ClN2O. The Hall–Kier alpha value is -1.22. The largest absolute Gasteiger partial charge is 0.398 e. The maximum Gasteiger partial charge on any atom is 0.251 e. The lowest BCUT2D eigenvalue weighted by Gasteiger charge is -2.05. The van der Waals surface area contributed by atoms with Gasteiger partial charge < -0.3 is 11.1 Å². The van der Waals surface area contributed by atoms with Gasteiger partial charge in [-0.15, -0.1) is 0 Å². The fourth-order valence-corrected chi connectivity index (χ4v) is 1.98. The molecule has 16 heavy (non-hydrogen) atoms. The summed E-state index contributed by atoms with van der Waals surface area (Å²) >= 11 is 5.86. The van der Waals surface area contributed by atoms with Crippen LogP contribution in [0.2, 0.25) is 5.02 Å². The van der Waals surface area contributed by atoms with E-state index in [0.29, 0.717) is 28.2 Å². The van der Waals surface area contributed by atoms with Crippen molar-refractivity contribution in [1.29, 1.82) is 0 Å². The van der Waals surface area contributed by atoms with E-state index in [0.717, 1.165) is 12.8 Å². The van der Waals surface area contributed by atoms with Crippen LogP contribution in [0.4, 0.5) is 5.69 Å². The molecule has 1 aromatic carbocycles. The number of nitrogens with one attached hydrogen (secondary N) is 1. The first-order valence-electron chi connectivity index (χ1n) is 5.47. The quantitative estimate of drug-likeness (QED) is 0.795. The number of nitrogens with two attached hydrogens (primary N) is 1. The fraction of sp³-hybridized carbons (Fsp3) is 0.417. The summed E-state index contributed by atoms with van der Waals surface area (Å²) < 4.78 is 0. The molecule has 3 nitrogen and oxygen atoms in total. The number of hydrogen-bond donors (Lipinski definition) is 2. The highest BCUT2D eigenvalue weighted by Crippen LogP contribution is 2.33. The van der Waals surface area contributed by atoms with Crippen molar-refractivity contribution in [3.63, 3.8) is 0 Å². The highest BCUT2D eigenvalue weighted by molar-refractivity contribution is 6.33. The molecule has 2 atom stereocenters. The van der Waals surface area contributed by atoms with E-state index in [9.17, 15) is 4.79 Å². The monoisotopic (exact) mass is 238 g/mol. The van der Waals surface area contributed by atoms with Gasteiger partial charge in [0.15, 0.2) is 0 Å². The molecule has 1 aromatic rings. The standard InChI is InChI=1S/C12H15ClN2O/c1-2-7-6-11(7)15-12(16)8-3-4-10(14)9(13)5-8/h3-5,7,11H,2,6,14H2,1H3,(H,15,16). The van der Waals surface area contributed by atoms with Crippen molar-refractivity contribution in [2.75, 3.05) is 5.73 Å². The van der Waals surface area contributed by atoms with Crippen LogP contribution in [0.3, 0.4) is 0 Å². The van der Waals surface area contributed by atoms with Crippen LogP contribution in [-0.2, 0) is 0 Å². The van der Waals surface area contributed by atoms with Crippen LogP contribution in [0, 0.1) is 5.92 Å². The molecule has 0 bridgehead atoms. The van der Waals surface area contributed by atoms with Crippen molar-refractivity contribution in [3.8, 4) is 0 Å². The second-order valence-corrected chi connectivity index (χ2v) is 4.63. The summed E-state index contributed by atoms with van der Waals surface area (Å²) in [6.07, 6.45) is 2.21. The zero-order chi connectivity index (χ0) is 11.7. The predicted molar refractivity (Wildman–Crippen MR) is 65.5 cm³/mol. The smallest absolute Gasteiger partial charge is 0.251 e. The molecule has 1 saturated carbocycles. The molecule has 1 fully saturated rings. The Bertz CT molecular complexity index is 419. The van der Waals surface area contributed by atoms with Gasteiger partial charge in [-0.3, -0.25) is 4.79 Å². The first-order valence-corrected chi connectivity index (χ1v) is 5.85. The third-order valence-electron chi connectivity index (χ3n) is 3.03. The molecule has 0 aliphatic heterocycles. The Morgan fingerprint density at radius 1 is 1.62 bits per heavy atom. The van der Waals surface area contributed by atoms with Crippen LogP contribution >= 0.6 is 11.6 Å². The number of carbonyl (C=O) groups is 1. The van der Waals surface area contributed by atoms with Crippen molar-refractivity contribution in [2.45, 2.75) is 25.8 Å². The molecule has 1 amide bonds. The average Bonchev–Trinajstić information content (AvgIpc) is 3.00. The minimum Gasteiger partial charge on any atom is -0.398 e. The summed E-state index contributed by atoms with van der Waals surface area (Å²) in [5.74, 6) is 0.580. The van der Waals surface area contributed by atoms with Crippen molar-refractivity contribution < 1.29 is 4.79 Å². The Morgan fingerprint density at radius 2 is 2.38 bits per heavy atom. The Labute approximate surface area is 100.0 Å². The SMILES string of the molecule is CCC1CC1NC(=O)c1ccc(N)c(Cl)c1. The van der Waals surface area contributed by atoms with Crippen LogP contribution < -0.4 is 11.1 Å². The summed E-state index contributed by atoms with van der Waals surface area (Å²) in [6, 6.07) is 5.30. The predicted octanol–water partition coefficient (Wildman–Crippen LogP) is 2.45. The summed E-state index contributed by atoms with van der Waals surface area (Å²) in [6.45, 7) is 2.14. The number of carbonyl (C=O) groups excluding carboxylic acids is 1. The minimum atomic E-state index is -0.0668. The lowest BCUT2D eigenvalue weighted by Crippen LogP contribution is -2.26. The molecule has 1 aliphatic rings. The van der Waals surface area contributed by atoms with E-state index in [2.05, 4.69) is 12.2 Å². The van der Waals surface area contributed by atoms with Crippen LogP contribution in [0.15, 0.2) is 18.2 Å². The van der Waals surface area contributed by atoms with Gasteiger partial charge in [0.1, 0.15) is 0 Å². The number of hydrogen-bond acceptors (Lipinski definition) is 2. The van der Waals surface area contributed by atoms with Crippen LogP contribution in [0.5, 0.6) is 0 Å². The molecule has 86 valence electrons. The van der Waals surface area contributed by atoms with Crippen molar-refractivity contribution in [1.82, 2.24) is 5.32 Å². The first kappa shape index (κ1) is 11.3. The third kappa shape index (κ3) is 2.30. The van der Waals surface area contributed by atoms with Gasteiger partial charge in [-0.2, -0.15) is 0 Å². The van der Waals surface area contributed by atoms with Gasteiger partial charge in [0.25, 0.3) is 5.91 Å². The molecule has 4 heteroatoms. The molecule has 0 saturated heterocycles. The molecular weight excluding hydrogens is 224 g/mol. The number of rotatable bonds is 3. The summed E-state index contributed by atoms with van der Waals surface area (Å²) in [5, 5.41) is 3.41. The molecule has 2 unspecified atom stereocenters. The molecule has 0 radical (unpaired) electrons. The maximum absolute atomic E-state index is 11.8. The van der Waals surface area contributed by atoms with E-state index < -0.39 is 0 Å².